The van der Waals surface area contributed by atoms with Gasteiger partial charge in [0.2, 0.25) is 0 Å². The number of hydrogen-bond donors (Lipinski definition) is 3. The number of carboxylic acid groups (broad SMARTS) is 1. The Balaban J connectivity index is 2.58. The summed E-state index contributed by atoms with van der Waals surface area (Å²) in [6.07, 6.45) is 1.83. The van der Waals surface area contributed by atoms with E-state index in [1.165, 1.54) is 0 Å². The van der Waals surface area contributed by atoms with Crippen LogP contribution in [-0.2, 0) is 4.79 Å². The van der Waals surface area contributed by atoms with Crippen molar-refractivity contribution in [3.8, 4) is 0 Å². The molecule has 15 heavy (non-hydrogen) atoms. The Morgan fingerprint density at radius 3 is 2.93 bits per heavy atom. The number of carbonyl (C=O) groups is 1. The van der Waals surface area contributed by atoms with Crippen LogP contribution in [0.4, 0.5) is 0 Å². The molecular formula is C11H12N2O2. The van der Waals surface area contributed by atoms with E-state index in [1.54, 1.807) is 12.1 Å². The number of H-pyrrole nitrogens is 1. The number of aromatic amines is 1. The van der Waals surface area contributed by atoms with Crippen LogP contribution in [0, 0.1) is 6.92 Å². The molecular weight excluding hydrogens is 192 g/mol. The third kappa shape index (κ3) is 1.59. The van der Waals surface area contributed by atoms with Crippen LogP contribution in [0.1, 0.15) is 17.2 Å². The molecule has 78 valence electrons. The van der Waals surface area contributed by atoms with Crippen molar-refractivity contribution in [2.75, 3.05) is 0 Å². The van der Waals surface area contributed by atoms with Gasteiger partial charge in [0.05, 0.1) is 0 Å². The molecule has 1 aromatic carbocycles. The fourth-order valence-corrected chi connectivity index (χ4v) is 1.71. The van der Waals surface area contributed by atoms with Gasteiger partial charge in [-0.05, 0) is 35.6 Å². The molecule has 0 radical (unpaired) electrons. The SMILES string of the molecule is Cc1cc(C(N)C(=O)O)cc2cc[nH]c12. The van der Waals surface area contributed by atoms with Gasteiger partial charge in [0.25, 0.3) is 0 Å². The molecule has 0 saturated heterocycles. The summed E-state index contributed by atoms with van der Waals surface area (Å²) in [7, 11) is 0. The second kappa shape index (κ2) is 3.40. The quantitative estimate of drug-likeness (QED) is 0.694. The van der Waals surface area contributed by atoms with Crippen molar-refractivity contribution in [1.82, 2.24) is 4.98 Å². The van der Waals surface area contributed by atoms with E-state index in [1.807, 2.05) is 19.2 Å². The molecule has 2 aromatic rings. The predicted octanol–water partition coefficient (Wildman–Crippen LogP) is 1.56. The Morgan fingerprint density at radius 2 is 2.27 bits per heavy atom. The fourth-order valence-electron chi connectivity index (χ4n) is 1.71. The summed E-state index contributed by atoms with van der Waals surface area (Å²) in [6.45, 7) is 1.93. The van der Waals surface area contributed by atoms with Gasteiger partial charge < -0.3 is 15.8 Å². The fraction of sp³-hybridized carbons (Fsp3) is 0.182. The van der Waals surface area contributed by atoms with Crippen LogP contribution < -0.4 is 5.73 Å². The molecule has 0 saturated carbocycles. The molecule has 0 amide bonds. The van der Waals surface area contributed by atoms with Gasteiger partial charge in [-0.2, -0.15) is 0 Å². The predicted molar refractivity (Wildman–Crippen MR) is 57.6 cm³/mol. The number of hydrogen-bond acceptors (Lipinski definition) is 2. The van der Waals surface area contributed by atoms with E-state index in [-0.39, 0.29) is 0 Å². The molecule has 4 heteroatoms. The van der Waals surface area contributed by atoms with E-state index in [4.69, 9.17) is 10.8 Å². The third-order valence-corrected chi connectivity index (χ3v) is 2.50. The van der Waals surface area contributed by atoms with Gasteiger partial charge in [0.1, 0.15) is 6.04 Å². The number of aromatic nitrogens is 1. The molecule has 0 spiro atoms. The number of rotatable bonds is 2. The summed E-state index contributed by atoms with van der Waals surface area (Å²) in [5, 5.41) is 9.80. The average Bonchev–Trinajstić information content (AvgIpc) is 2.64. The minimum absolute atomic E-state index is 0.632. The van der Waals surface area contributed by atoms with Crippen LogP contribution in [0.5, 0.6) is 0 Å². The number of nitrogens with two attached hydrogens (primary N) is 1. The highest BCUT2D eigenvalue weighted by molar-refractivity contribution is 5.85. The smallest absolute Gasteiger partial charge is 0.325 e. The summed E-state index contributed by atoms with van der Waals surface area (Å²) in [5.74, 6) is -1.01. The Hall–Kier alpha value is -1.81. The number of benzene rings is 1. The van der Waals surface area contributed by atoms with Crippen molar-refractivity contribution in [2.24, 2.45) is 5.73 Å². The van der Waals surface area contributed by atoms with Crippen LogP contribution in [-0.4, -0.2) is 16.1 Å². The molecule has 2 rings (SSSR count). The van der Waals surface area contributed by atoms with Gasteiger partial charge in [-0.15, -0.1) is 0 Å². The minimum atomic E-state index is -1.01. The highest BCUT2D eigenvalue weighted by Crippen LogP contribution is 2.22. The first-order valence-corrected chi connectivity index (χ1v) is 4.65. The zero-order valence-electron chi connectivity index (χ0n) is 8.32. The zero-order valence-corrected chi connectivity index (χ0v) is 8.32. The van der Waals surface area contributed by atoms with Crippen molar-refractivity contribution in [3.05, 3.63) is 35.5 Å². The lowest BCUT2D eigenvalue weighted by Gasteiger charge is -2.08. The molecule has 1 atom stereocenters. The molecule has 0 aliphatic rings. The van der Waals surface area contributed by atoms with Gasteiger partial charge >= 0.3 is 5.97 Å². The lowest BCUT2D eigenvalue weighted by Crippen LogP contribution is -2.20. The van der Waals surface area contributed by atoms with Crippen LogP contribution in [0.15, 0.2) is 24.4 Å². The van der Waals surface area contributed by atoms with Gasteiger partial charge in [0, 0.05) is 11.7 Å². The van der Waals surface area contributed by atoms with Crippen molar-refractivity contribution in [2.45, 2.75) is 13.0 Å². The number of nitrogens with one attached hydrogen (secondary N) is 1. The minimum Gasteiger partial charge on any atom is -0.480 e. The van der Waals surface area contributed by atoms with E-state index in [9.17, 15) is 4.79 Å². The average molecular weight is 204 g/mol. The molecule has 4 nitrogen and oxygen atoms in total. The van der Waals surface area contributed by atoms with Crippen molar-refractivity contribution < 1.29 is 9.90 Å². The molecule has 1 aromatic heterocycles. The Morgan fingerprint density at radius 1 is 1.53 bits per heavy atom. The largest absolute Gasteiger partial charge is 0.480 e. The summed E-state index contributed by atoms with van der Waals surface area (Å²) < 4.78 is 0. The number of fused-ring (bicyclic) bond motifs is 1. The third-order valence-electron chi connectivity index (χ3n) is 2.50. The maximum Gasteiger partial charge on any atom is 0.325 e. The molecule has 1 unspecified atom stereocenters. The second-order valence-corrected chi connectivity index (χ2v) is 3.60. The second-order valence-electron chi connectivity index (χ2n) is 3.60. The van der Waals surface area contributed by atoms with Gasteiger partial charge in [-0.25, -0.2) is 0 Å². The number of carboxylic acids is 1. The summed E-state index contributed by atoms with van der Waals surface area (Å²) in [5.41, 5.74) is 8.22. The first-order valence-electron chi connectivity index (χ1n) is 4.65. The standard InChI is InChI=1S/C11H12N2O2/c1-6-4-8(9(12)11(14)15)5-7-2-3-13-10(6)7/h2-5,9,13H,12H2,1H3,(H,14,15). The number of aryl methyl sites for hydroxylation is 1. The summed E-state index contributed by atoms with van der Waals surface area (Å²) in [6, 6.07) is 4.55. The van der Waals surface area contributed by atoms with Crippen LogP contribution >= 0.6 is 0 Å². The maximum atomic E-state index is 10.8. The lowest BCUT2D eigenvalue weighted by molar-refractivity contribution is -0.138. The monoisotopic (exact) mass is 204 g/mol. The van der Waals surface area contributed by atoms with E-state index in [2.05, 4.69) is 4.98 Å². The normalized spacial score (nSPS) is 12.9. The topological polar surface area (TPSA) is 79.1 Å². The van der Waals surface area contributed by atoms with Crippen molar-refractivity contribution in [3.63, 3.8) is 0 Å². The Bertz CT molecular complexity index is 516. The van der Waals surface area contributed by atoms with Gasteiger partial charge in [0.15, 0.2) is 0 Å². The van der Waals surface area contributed by atoms with Crippen molar-refractivity contribution in [1.29, 1.82) is 0 Å². The van der Waals surface area contributed by atoms with E-state index < -0.39 is 12.0 Å². The van der Waals surface area contributed by atoms with Gasteiger partial charge in [-0.3, -0.25) is 4.79 Å². The lowest BCUT2D eigenvalue weighted by atomic mass is 10.0. The van der Waals surface area contributed by atoms with Crippen LogP contribution in [0.25, 0.3) is 10.9 Å². The maximum absolute atomic E-state index is 10.8. The first kappa shape index (κ1) is 9.73. The molecule has 0 fully saturated rings. The summed E-state index contributed by atoms with van der Waals surface area (Å²) >= 11 is 0. The van der Waals surface area contributed by atoms with E-state index in [0.717, 1.165) is 16.5 Å². The number of aliphatic carboxylic acids is 1. The first-order chi connectivity index (χ1) is 7.09. The highest BCUT2D eigenvalue weighted by Gasteiger charge is 2.15. The molecule has 1 heterocycles. The summed E-state index contributed by atoms with van der Waals surface area (Å²) in [4.78, 5) is 13.8. The van der Waals surface area contributed by atoms with E-state index >= 15 is 0 Å². The Kier molecular flexibility index (Phi) is 2.21. The molecule has 0 aliphatic carbocycles. The van der Waals surface area contributed by atoms with Gasteiger partial charge in [-0.1, -0.05) is 6.07 Å². The molecule has 0 aliphatic heterocycles. The molecule has 4 N–H and O–H groups in total. The highest BCUT2D eigenvalue weighted by atomic mass is 16.4. The zero-order chi connectivity index (χ0) is 11.0. The van der Waals surface area contributed by atoms with E-state index in [0.29, 0.717) is 5.56 Å². The Labute approximate surface area is 86.7 Å². The van der Waals surface area contributed by atoms with Crippen LogP contribution in [0.3, 0.4) is 0 Å². The van der Waals surface area contributed by atoms with Crippen molar-refractivity contribution >= 4 is 16.9 Å². The van der Waals surface area contributed by atoms with Crippen LogP contribution in [0.2, 0.25) is 0 Å². The molecule has 0 bridgehead atoms.